The Balaban J connectivity index is 0.00000170. The highest BCUT2D eigenvalue weighted by atomic mass is 16.1. The molecule has 0 fully saturated rings. The van der Waals surface area contributed by atoms with E-state index in [1.54, 1.807) is 0 Å². The largest absolute Gasteiger partial charge is 0.300 e. The van der Waals surface area contributed by atoms with E-state index in [1.165, 1.54) is 35.6 Å². The number of fused-ring (bicyclic) bond motifs is 1. The molecule has 3 heteroatoms. The van der Waals surface area contributed by atoms with Crippen molar-refractivity contribution in [2.24, 2.45) is 17.8 Å². The minimum absolute atomic E-state index is 0.0354. The Morgan fingerprint density at radius 2 is 1.54 bits per heavy atom. The molecule has 0 saturated carbocycles. The summed E-state index contributed by atoms with van der Waals surface area (Å²) in [7, 11) is 0. The molecule has 0 amide bonds. The molecule has 0 radical (unpaired) electrons. The van der Waals surface area contributed by atoms with Gasteiger partial charge in [0.15, 0.2) is 5.78 Å². The van der Waals surface area contributed by atoms with Gasteiger partial charge < -0.3 is 0 Å². The van der Waals surface area contributed by atoms with Crippen LogP contribution in [0.25, 0.3) is 0 Å². The zero-order valence-corrected chi connectivity index (χ0v) is 25.7. The van der Waals surface area contributed by atoms with Gasteiger partial charge in [0.05, 0.1) is 6.42 Å². The molecule has 0 spiro atoms. The molecule has 214 valence electrons. The van der Waals surface area contributed by atoms with Gasteiger partial charge in [-0.05, 0) is 92.0 Å². The first-order valence-corrected chi connectivity index (χ1v) is 15.4. The lowest BCUT2D eigenvalue weighted by Crippen LogP contribution is -2.30. The van der Waals surface area contributed by atoms with Crippen molar-refractivity contribution < 1.29 is 14.4 Å². The first kappa shape index (κ1) is 32.7. The van der Waals surface area contributed by atoms with E-state index < -0.39 is 0 Å². The van der Waals surface area contributed by atoms with Gasteiger partial charge in [0.2, 0.25) is 0 Å². The molecule has 1 aliphatic rings. The summed E-state index contributed by atoms with van der Waals surface area (Å²) in [5.41, 5.74) is 7.24. The number of carbonyl (C=O) groups excluding carboxylic acids is 3. The smallest absolute Gasteiger partial charge is 0.163 e. The molecule has 39 heavy (non-hydrogen) atoms. The van der Waals surface area contributed by atoms with E-state index in [9.17, 15) is 14.4 Å². The fraction of sp³-hybridized carbons (Fsp3) is 0.583. The topological polar surface area (TPSA) is 51.2 Å². The summed E-state index contributed by atoms with van der Waals surface area (Å²) in [6.45, 7) is 14.2. The summed E-state index contributed by atoms with van der Waals surface area (Å²) in [6, 6.07) is 13.2. The van der Waals surface area contributed by atoms with Crippen LogP contribution in [-0.2, 0) is 35.3 Å². The molecule has 3 rings (SSSR count). The lowest BCUT2D eigenvalue weighted by Gasteiger charge is -2.32. The summed E-state index contributed by atoms with van der Waals surface area (Å²) in [5.74, 6) is 0.679. The molecule has 2 aromatic carbocycles. The Kier molecular flexibility index (Phi) is 13.8. The van der Waals surface area contributed by atoms with Crippen molar-refractivity contribution in [1.82, 2.24) is 0 Å². The Labute approximate surface area is 238 Å². The second-order valence-corrected chi connectivity index (χ2v) is 11.6. The van der Waals surface area contributed by atoms with Crippen molar-refractivity contribution in [3.8, 4) is 0 Å². The Hall–Kier alpha value is -2.55. The maximum atomic E-state index is 13.4. The minimum Gasteiger partial charge on any atom is -0.300 e. The second kappa shape index (κ2) is 16.5. The summed E-state index contributed by atoms with van der Waals surface area (Å²) in [6.07, 6.45) is 9.32. The third-order valence-corrected chi connectivity index (χ3v) is 8.12. The number of hydrogen-bond donors (Lipinski definition) is 0. The maximum Gasteiger partial charge on any atom is 0.163 e. The van der Waals surface area contributed by atoms with Crippen LogP contribution in [0.15, 0.2) is 36.4 Å². The molecule has 0 aliphatic heterocycles. The van der Waals surface area contributed by atoms with Crippen LogP contribution >= 0.6 is 0 Å². The molecule has 3 nitrogen and oxygen atoms in total. The maximum absolute atomic E-state index is 13.4. The van der Waals surface area contributed by atoms with Gasteiger partial charge in [0, 0.05) is 17.9 Å². The predicted octanol–water partition coefficient (Wildman–Crippen LogP) is 8.88. The first-order chi connectivity index (χ1) is 18.7. The third-order valence-electron chi connectivity index (χ3n) is 8.12. The molecular formula is C36H52O3. The average molecular weight is 533 g/mol. The lowest BCUT2D eigenvalue weighted by atomic mass is 9.71. The molecule has 3 unspecified atom stereocenters. The number of benzene rings is 2. The molecule has 2 aromatic rings. The van der Waals surface area contributed by atoms with Gasteiger partial charge in [0.1, 0.15) is 11.6 Å². The average Bonchev–Trinajstić information content (AvgIpc) is 2.89. The fourth-order valence-corrected chi connectivity index (χ4v) is 6.26. The van der Waals surface area contributed by atoms with Gasteiger partial charge in [0.25, 0.3) is 0 Å². The van der Waals surface area contributed by atoms with Crippen LogP contribution in [0.3, 0.4) is 0 Å². The summed E-state index contributed by atoms with van der Waals surface area (Å²) in [4.78, 5) is 37.9. The monoisotopic (exact) mass is 532 g/mol. The second-order valence-electron chi connectivity index (χ2n) is 11.6. The standard InChI is InChI=1S/C33H44O3.C3H8/c1-6-9-28(29(8-3)31(35)18-23(5)34)19-26-20-30-27(16-10-22(4)33(30)32(36)21-26)17-15-25-13-11-24(7-2)12-14-25;1-3-2/h10-14,16,26,28-29H,6-9,15,17-21H2,1-5H3;3H2,1-2H3. The van der Waals surface area contributed by atoms with Gasteiger partial charge in [-0.1, -0.05) is 90.3 Å². The summed E-state index contributed by atoms with van der Waals surface area (Å²) >= 11 is 0. The molecule has 0 heterocycles. The van der Waals surface area contributed by atoms with Crippen LogP contribution in [0, 0.1) is 24.7 Å². The number of ketones is 3. The summed E-state index contributed by atoms with van der Waals surface area (Å²) < 4.78 is 0. The Morgan fingerprint density at radius 1 is 0.897 bits per heavy atom. The van der Waals surface area contributed by atoms with E-state index in [2.05, 4.69) is 77.9 Å². The van der Waals surface area contributed by atoms with Gasteiger partial charge in [-0.2, -0.15) is 0 Å². The highest BCUT2D eigenvalue weighted by Gasteiger charge is 2.33. The van der Waals surface area contributed by atoms with Gasteiger partial charge in [-0.25, -0.2) is 0 Å². The number of aryl methyl sites for hydroxylation is 4. The molecule has 3 atom stereocenters. The van der Waals surface area contributed by atoms with E-state index in [-0.39, 0.29) is 41.5 Å². The van der Waals surface area contributed by atoms with Crippen LogP contribution in [-0.4, -0.2) is 17.3 Å². The van der Waals surface area contributed by atoms with Crippen molar-refractivity contribution >= 4 is 17.3 Å². The van der Waals surface area contributed by atoms with Crippen LogP contribution in [0.5, 0.6) is 0 Å². The van der Waals surface area contributed by atoms with Gasteiger partial charge in [-0.3, -0.25) is 14.4 Å². The first-order valence-electron chi connectivity index (χ1n) is 15.4. The van der Waals surface area contributed by atoms with E-state index in [0.717, 1.165) is 62.5 Å². The third kappa shape index (κ3) is 9.55. The van der Waals surface area contributed by atoms with E-state index in [1.807, 2.05) is 0 Å². The van der Waals surface area contributed by atoms with Crippen molar-refractivity contribution in [3.05, 3.63) is 69.8 Å². The van der Waals surface area contributed by atoms with Gasteiger partial charge in [-0.15, -0.1) is 0 Å². The van der Waals surface area contributed by atoms with Crippen molar-refractivity contribution in [2.45, 2.75) is 119 Å². The van der Waals surface area contributed by atoms with E-state index in [4.69, 9.17) is 0 Å². The SMILES string of the molecule is CCC.CCCC(CC1CC(=O)c2c(C)ccc(CCc3ccc(CC)cc3)c2C1)C(CC)C(=O)CC(C)=O. The quantitative estimate of drug-likeness (QED) is 0.242. The zero-order chi connectivity index (χ0) is 28.9. The highest BCUT2D eigenvalue weighted by molar-refractivity contribution is 6.00. The highest BCUT2D eigenvalue weighted by Crippen LogP contribution is 2.37. The summed E-state index contributed by atoms with van der Waals surface area (Å²) in [5, 5.41) is 0. The lowest BCUT2D eigenvalue weighted by molar-refractivity contribution is -0.129. The van der Waals surface area contributed by atoms with E-state index in [0.29, 0.717) is 6.42 Å². The molecule has 0 saturated heterocycles. The number of carbonyl (C=O) groups is 3. The number of rotatable bonds is 13. The molecule has 0 bridgehead atoms. The number of Topliss-reactive ketones (excluding diaryl/α,β-unsaturated/α-hetero) is 3. The molecular weight excluding hydrogens is 480 g/mol. The normalized spacial score (nSPS) is 16.1. The molecule has 0 aromatic heterocycles. The molecule has 0 N–H and O–H groups in total. The minimum atomic E-state index is -0.0894. The van der Waals surface area contributed by atoms with Gasteiger partial charge >= 0.3 is 0 Å². The van der Waals surface area contributed by atoms with E-state index >= 15 is 0 Å². The molecule has 1 aliphatic carbocycles. The Bertz CT molecular complexity index is 1080. The van der Waals surface area contributed by atoms with Crippen molar-refractivity contribution in [3.63, 3.8) is 0 Å². The predicted molar refractivity (Wildman–Crippen MR) is 164 cm³/mol. The van der Waals surface area contributed by atoms with Crippen LogP contribution in [0.4, 0.5) is 0 Å². The van der Waals surface area contributed by atoms with Crippen molar-refractivity contribution in [1.29, 1.82) is 0 Å². The van der Waals surface area contributed by atoms with Crippen molar-refractivity contribution in [2.75, 3.05) is 0 Å². The van der Waals surface area contributed by atoms with Crippen LogP contribution in [0.1, 0.15) is 125 Å². The fourth-order valence-electron chi connectivity index (χ4n) is 6.26. The van der Waals surface area contributed by atoms with Crippen LogP contribution in [0.2, 0.25) is 0 Å². The number of hydrogen-bond acceptors (Lipinski definition) is 3. The van der Waals surface area contributed by atoms with Crippen LogP contribution < -0.4 is 0 Å². The Morgan fingerprint density at radius 3 is 2.10 bits per heavy atom. The zero-order valence-electron chi connectivity index (χ0n) is 25.7.